The Hall–Kier alpha value is -1.08. The smallest absolute Gasteiger partial charge is 0.0435 e. The molecule has 106 valence electrons. The van der Waals surface area contributed by atoms with E-state index in [-0.39, 0.29) is 5.41 Å². The standard InChI is InChI=1S/C19H23Br/c1-14-6-5-7-15(12-14)13-18(20)16-8-10-17(11-9-16)19(2,3)4/h5-12,18H,13H2,1-4H3. The number of hydrogen-bond acceptors (Lipinski definition) is 0. The quantitative estimate of drug-likeness (QED) is 0.608. The van der Waals surface area contributed by atoms with Crippen molar-refractivity contribution in [3.63, 3.8) is 0 Å². The van der Waals surface area contributed by atoms with Crippen LogP contribution in [0.4, 0.5) is 0 Å². The largest absolute Gasteiger partial charge is 0.0835 e. The second-order valence-electron chi connectivity index (χ2n) is 6.53. The molecule has 1 heteroatoms. The zero-order valence-electron chi connectivity index (χ0n) is 12.8. The van der Waals surface area contributed by atoms with Gasteiger partial charge in [-0.2, -0.15) is 0 Å². The highest BCUT2D eigenvalue weighted by Crippen LogP contribution is 2.29. The lowest BCUT2D eigenvalue weighted by molar-refractivity contribution is 0.590. The summed E-state index contributed by atoms with van der Waals surface area (Å²) in [6.45, 7) is 8.89. The Kier molecular flexibility index (Phi) is 4.70. The van der Waals surface area contributed by atoms with Gasteiger partial charge in [0.1, 0.15) is 0 Å². The van der Waals surface area contributed by atoms with Crippen LogP contribution in [0.5, 0.6) is 0 Å². The van der Waals surface area contributed by atoms with E-state index in [0.717, 1.165) is 6.42 Å². The lowest BCUT2D eigenvalue weighted by Crippen LogP contribution is -2.10. The SMILES string of the molecule is Cc1cccc(CC(Br)c2ccc(C(C)(C)C)cc2)c1. The maximum Gasteiger partial charge on any atom is 0.0435 e. The molecule has 2 rings (SSSR count). The van der Waals surface area contributed by atoms with Gasteiger partial charge in [0.05, 0.1) is 0 Å². The highest BCUT2D eigenvalue weighted by Gasteiger charge is 2.14. The predicted molar refractivity (Wildman–Crippen MR) is 91.7 cm³/mol. The van der Waals surface area contributed by atoms with Crippen LogP contribution in [-0.4, -0.2) is 0 Å². The maximum atomic E-state index is 3.82. The van der Waals surface area contributed by atoms with Crippen LogP contribution >= 0.6 is 15.9 Å². The van der Waals surface area contributed by atoms with E-state index < -0.39 is 0 Å². The molecule has 1 unspecified atom stereocenters. The van der Waals surface area contributed by atoms with Crippen LogP contribution in [-0.2, 0) is 11.8 Å². The summed E-state index contributed by atoms with van der Waals surface area (Å²) in [5.41, 5.74) is 5.66. The Bertz CT molecular complexity index is 561. The van der Waals surface area contributed by atoms with Crippen molar-refractivity contribution in [2.24, 2.45) is 0 Å². The first-order valence-electron chi connectivity index (χ1n) is 7.16. The third-order valence-electron chi connectivity index (χ3n) is 3.64. The molecular weight excluding hydrogens is 308 g/mol. The summed E-state index contributed by atoms with van der Waals surface area (Å²) in [4.78, 5) is 0.373. The average Bonchev–Trinajstić information content (AvgIpc) is 2.38. The Morgan fingerprint density at radius 1 is 1.00 bits per heavy atom. The van der Waals surface area contributed by atoms with Crippen LogP contribution in [0, 0.1) is 6.92 Å². The van der Waals surface area contributed by atoms with Crippen molar-refractivity contribution in [2.45, 2.75) is 44.4 Å². The molecule has 2 aromatic rings. The summed E-state index contributed by atoms with van der Waals surface area (Å²) < 4.78 is 0. The van der Waals surface area contributed by atoms with Crippen molar-refractivity contribution in [3.05, 3.63) is 70.8 Å². The monoisotopic (exact) mass is 330 g/mol. The van der Waals surface area contributed by atoms with Gasteiger partial charge in [-0.05, 0) is 35.4 Å². The topological polar surface area (TPSA) is 0 Å². The van der Waals surface area contributed by atoms with Gasteiger partial charge >= 0.3 is 0 Å². The molecular formula is C19H23Br. The first-order valence-corrected chi connectivity index (χ1v) is 8.08. The van der Waals surface area contributed by atoms with Crippen molar-refractivity contribution in [3.8, 4) is 0 Å². The maximum absolute atomic E-state index is 3.82. The minimum absolute atomic E-state index is 0.219. The highest BCUT2D eigenvalue weighted by atomic mass is 79.9. The van der Waals surface area contributed by atoms with Crippen LogP contribution < -0.4 is 0 Å². The van der Waals surface area contributed by atoms with Crippen LogP contribution in [0.25, 0.3) is 0 Å². The van der Waals surface area contributed by atoms with E-state index in [4.69, 9.17) is 0 Å². The molecule has 0 spiro atoms. The van der Waals surface area contributed by atoms with Gasteiger partial charge in [0.2, 0.25) is 0 Å². The Balaban J connectivity index is 2.11. The summed E-state index contributed by atoms with van der Waals surface area (Å²) in [5, 5.41) is 0. The normalized spacial score (nSPS) is 13.2. The van der Waals surface area contributed by atoms with E-state index in [1.54, 1.807) is 0 Å². The van der Waals surface area contributed by atoms with Crippen LogP contribution in [0.2, 0.25) is 0 Å². The van der Waals surface area contributed by atoms with E-state index >= 15 is 0 Å². The van der Waals surface area contributed by atoms with Gasteiger partial charge in [-0.1, -0.05) is 90.8 Å². The number of alkyl halides is 1. The Morgan fingerprint density at radius 3 is 2.20 bits per heavy atom. The lowest BCUT2D eigenvalue weighted by atomic mass is 9.86. The van der Waals surface area contributed by atoms with Crippen LogP contribution in [0.3, 0.4) is 0 Å². The predicted octanol–water partition coefficient (Wildman–Crippen LogP) is 5.97. The Labute approximate surface area is 131 Å². The molecule has 20 heavy (non-hydrogen) atoms. The molecule has 1 atom stereocenters. The molecule has 0 bridgehead atoms. The molecule has 0 heterocycles. The zero-order valence-corrected chi connectivity index (χ0v) is 14.4. The van der Waals surface area contributed by atoms with E-state index in [0.29, 0.717) is 4.83 Å². The van der Waals surface area contributed by atoms with Crippen molar-refractivity contribution < 1.29 is 0 Å². The van der Waals surface area contributed by atoms with Gasteiger partial charge in [-0.15, -0.1) is 0 Å². The van der Waals surface area contributed by atoms with Gasteiger partial charge in [0.15, 0.2) is 0 Å². The molecule has 0 nitrogen and oxygen atoms in total. The fourth-order valence-electron chi connectivity index (χ4n) is 2.36. The molecule has 2 aromatic carbocycles. The van der Waals surface area contributed by atoms with Crippen molar-refractivity contribution in [2.75, 3.05) is 0 Å². The molecule has 0 aromatic heterocycles. The molecule has 0 amide bonds. The molecule has 0 saturated carbocycles. The molecule has 0 aliphatic carbocycles. The fraction of sp³-hybridized carbons (Fsp3) is 0.368. The first kappa shape index (κ1) is 15.3. The number of hydrogen-bond donors (Lipinski definition) is 0. The summed E-state index contributed by atoms with van der Waals surface area (Å²) in [5.74, 6) is 0. The Morgan fingerprint density at radius 2 is 1.65 bits per heavy atom. The van der Waals surface area contributed by atoms with Gasteiger partial charge in [-0.25, -0.2) is 0 Å². The fourth-order valence-corrected chi connectivity index (χ4v) is 3.03. The van der Waals surface area contributed by atoms with Crippen LogP contribution in [0.15, 0.2) is 48.5 Å². The van der Waals surface area contributed by atoms with E-state index in [1.807, 2.05) is 0 Å². The third-order valence-corrected chi connectivity index (χ3v) is 4.49. The van der Waals surface area contributed by atoms with Crippen molar-refractivity contribution >= 4 is 15.9 Å². The van der Waals surface area contributed by atoms with Gasteiger partial charge in [0.25, 0.3) is 0 Å². The lowest BCUT2D eigenvalue weighted by Gasteiger charge is -2.20. The summed E-state index contributed by atoms with van der Waals surface area (Å²) in [6, 6.07) is 17.7. The van der Waals surface area contributed by atoms with Gasteiger partial charge in [-0.3, -0.25) is 0 Å². The molecule has 0 aliphatic rings. The zero-order chi connectivity index (χ0) is 14.8. The number of aryl methyl sites for hydroxylation is 1. The van der Waals surface area contributed by atoms with E-state index in [9.17, 15) is 0 Å². The molecule has 0 radical (unpaired) electrons. The first-order chi connectivity index (χ1) is 9.36. The summed E-state index contributed by atoms with van der Waals surface area (Å²) in [7, 11) is 0. The van der Waals surface area contributed by atoms with Crippen LogP contribution in [0.1, 0.15) is 47.9 Å². The third kappa shape index (κ3) is 3.96. The van der Waals surface area contributed by atoms with E-state index in [1.165, 1.54) is 22.3 Å². The van der Waals surface area contributed by atoms with Gasteiger partial charge in [0, 0.05) is 4.83 Å². The number of rotatable bonds is 3. The summed E-state index contributed by atoms with van der Waals surface area (Å²) in [6.07, 6.45) is 1.02. The molecule has 0 aliphatic heterocycles. The number of benzene rings is 2. The minimum atomic E-state index is 0.219. The molecule has 0 saturated heterocycles. The second-order valence-corrected chi connectivity index (χ2v) is 7.64. The summed E-state index contributed by atoms with van der Waals surface area (Å²) >= 11 is 3.82. The second kappa shape index (κ2) is 6.13. The van der Waals surface area contributed by atoms with Gasteiger partial charge < -0.3 is 0 Å². The minimum Gasteiger partial charge on any atom is -0.0835 e. The average molecular weight is 331 g/mol. The molecule has 0 N–H and O–H groups in total. The van der Waals surface area contributed by atoms with Crippen molar-refractivity contribution in [1.82, 2.24) is 0 Å². The molecule has 0 fully saturated rings. The van der Waals surface area contributed by atoms with E-state index in [2.05, 4.69) is 92.2 Å². The highest BCUT2D eigenvalue weighted by molar-refractivity contribution is 9.09. The van der Waals surface area contributed by atoms with Crippen molar-refractivity contribution in [1.29, 1.82) is 0 Å². The number of halogens is 1.